The summed E-state index contributed by atoms with van der Waals surface area (Å²) in [5.41, 5.74) is 3.61. The van der Waals surface area contributed by atoms with Crippen molar-refractivity contribution >= 4 is 17.4 Å². The van der Waals surface area contributed by atoms with Gasteiger partial charge in [-0.3, -0.25) is 9.80 Å². The zero-order chi connectivity index (χ0) is 15.7. The molecule has 0 saturated heterocycles. The first-order valence-electron chi connectivity index (χ1n) is 7.27. The third-order valence-electron chi connectivity index (χ3n) is 4.06. The van der Waals surface area contributed by atoms with E-state index in [1.54, 1.807) is 6.92 Å². The maximum atomic E-state index is 11.8. The number of carboxylic acid groups (broad SMARTS) is 1. The van der Waals surface area contributed by atoms with Crippen LogP contribution >= 0.6 is 0 Å². The van der Waals surface area contributed by atoms with Gasteiger partial charge in [-0.05, 0) is 31.0 Å². The first-order valence-corrected chi connectivity index (χ1v) is 7.27. The summed E-state index contributed by atoms with van der Waals surface area (Å²) in [5.74, 6) is -1.48. The molecule has 0 aliphatic carbocycles. The largest absolute Gasteiger partial charge is 0.481 e. The van der Waals surface area contributed by atoms with Crippen molar-refractivity contribution in [3.05, 3.63) is 65.7 Å². The Morgan fingerprint density at radius 1 is 1.05 bits per heavy atom. The predicted molar refractivity (Wildman–Crippen MR) is 87.1 cm³/mol. The molecule has 2 atom stereocenters. The summed E-state index contributed by atoms with van der Waals surface area (Å²) in [6.07, 6.45) is 0. The average Bonchev–Trinajstić information content (AvgIpc) is 2.86. The number of anilines is 1. The Morgan fingerprint density at radius 3 is 2.32 bits per heavy atom. The smallest absolute Gasteiger partial charge is 0.314 e. The van der Waals surface area contributed by atoms with Gasteiger partial charge in [0, 0.05) is 0 Å². The number of aryl methyl sites for hydroxylation is 1. The van der Waals surface area contributed by atoms with Crippen LogP contribution in [0.15, 0.2) is 59.7 Å². The molecule has 4 heteroatoms. The second kappa shape index (κ2) is 5.64. The molecule has 0 saturated carbocycles. The minimum Gasteiger partial charge on any atom is -0.481 e. The molecule has 0 fully saturated rings. The highest BCUT2D eigenvalue weighted by Gasteiger charge is 2.42. The molecule has 0 bridgehead atoms. The van der Waals surface area contributed by atoms with Crippen molar-refractivity contribution in [1.82, 2.24) is 0 Å². The lowest BCUT2D eigenvalue weighted by Gasteiger charge is -2.28. The summed E-state index contributed by atoms with van der Waals surface area (Å²) >= 11 is 0. The number of carboxylic acids is 1. The number of carbonyl (C=O) groups is 1. The van der Waals surface area contributed by atoms with Gasteiger partial charge < -0.3 is 5.11 Å². The lowest BCUT2D eigenvalue weighted by Crippen LogP contribution is -2.30. The van der Waals surface area contributed by atoms with Gasteiger partial charge in [0.25, 0.3) is 0 Å². The van der Waals surface area contributed by atoms with Gasteiger partial charge in [0.1, 0.15) is 5.92 Å². The number of nitrogens with zero attached hydrogens (tertiary/aromatic N) is 2. The van der Waals surface area contributed by atoms with E-state index in [2.05, 4.69) is 5.10 Å². The fraction of sp³-hybridized carbons (Fsp3) is 0.222. The van der Waals surface area contributed by atoms with Gasteiger partial charge in [0.05, 0.1) is 17.4 Å². The number of aliphatic carboxylic acids is 1. The topological polar surface area (TPSA) is 52.9 Å². The van der Waals surface area contributed by atoms with Gasteiger partial charge >= 0.3 is 5.97 Å². The van der Waals surface area contributed by atoms with E-state index in [4.69, 9.17) is 0 Å². The first-order chi connectivity index (χ1) is 10.6. The van der Waals surface area contributed by atoms with E-state index in [0.717, 1.165) is 16.8 Å². The zero-order valence-electron chi connectivity index (χ0n) is 12.6. The van der Waals surface area contributed by atoms with Gasteiger partial charge in [0.2, 0.25) is 0 Å². The molecule has 112 valence electrons. The van der Waals surface area contributed by atoms with Gasteiger partial charge in [0.15, 0.2) is 0 Å². The van der Waals surface area contributed by atoms with Crippen LogP contribution < -0.4 is 5.01 Å². The van der Waals surface area contributed by atoms with Crippen LogP contribution in [-0.4, -0.2) is 16.8 Å². The number of benzene rings is 2. The average molecular weight is 294 g/mol. The highest BCUT2D eigenvalue weighted by Crippen LogP contribution is 2.40. The van der Waals surface area contributed by atoms with Crippen molar-refractivity contribution in [3.63, 3.8) is 0 Å². The number of hydrogen-bond donors (Lipinski definition) is 1. The maximum absolute atomic E-state index is 11.8. The first kappa shape index (κ1) is 14.3. The maximum Gasteiger partial charge on any atom is 0.314 e. The summed E-state index contributed by atoms with van der Waals surface area (Å²) in [4.78, 5) is 11.8. The van der Waals surface area contributed by atoms with Crippen molar-refractivity contribution in [1.29, 1.82) is 0 Å². The van der Waals surface area contributed by atoms with Crippen LogP contribution in [0.1, 0.15) is 24.1 Å². The van der Waals surface area contributed by atoms with Crippen LogP contribution in [0, 0.1) is 12.8 Å². The van der Waals surface area contributed by atoms with E-state index in [-0.39, 0.29) is 6.04 Å². The molecular formula is C18H18N2O2. The number of hydrogen-bond acceptors (Lipinski definition) is 3. The number of rotatable bonds is 3. The van der Waals surface area contributed by atoms with Gasteiger partial charge in [-0.25, -0.2) is 0 Å². The molecule has 0 spiro atoms. The van der Waals surface area contributed by atoms with Crippen LogP contribution in [0.5, 0.6) is 0 Å². The molecule has 0 amide bonds. The highest BCUT2D eigenvalue weighted by atomic mass is 16.4. The molecule has 3 rings (SSSR count). The van der Waals surface area contributed by atoms with Crippen LogP contribution in [-0.2, 0) is 4.79 Å². The molecule has 2 aromatic rings. The molecule has 2 unspecified atom stereocenters. The fourth-order valence-corrected chi connectivity index (χ4v) is 2.99. The van der Waals surface area contributed by atoms with E-state index in [0.29, 0.717) is 5.71 Å². The van der Waals surface area contributed by atoms with E-state index >= 15 is 0 Å². The summed E-state index contributed by atoms with van der Waals surface area (Å²) in [6, 6.07) is 17.3. The molecule has 1 heterocycles. The third kappa shape index (κ3) is 2.37. The van der Waals surface area contributed by atoms with Gasteiger partial charge in [-0.1, -0.05) is 48.5 Å². The molecule has 1 N–H and O–H groups in total. The van der Waals surface area contributed by atoms with E-state index in [1.165, 1.54) is 0 Å². The van der Waals surface area contributed by atoms with Crippen molar-refractivity contribution < 1.29 is 9.90 Å². The molecule has 1 aliphatic heterocycles. The number of para-hydroxylation sites is 1. The van der Waals surface area contributed by atoms with E-state index in [9.17, 15) is 9.90 Å². The normalized spacial score (nSPS) is 20.8. The van der Waals surface area contributed by atoms with Crippen molar-refractivity contribution in [2.45, 2.75) is 19.9 Å². The standard InChI is InChI=1S/C18H18N2O2/c1-12-8-6-7-11-15(12)20-17(14-9-4-3-5-10-14)16(18(21)22)13(2)19-20/h3-11,16-17H,1-2H3,(H,21,22). The predicted octanol–water partition coefficient (Wildman–Crippen LogP) is 3.63. The SMILES string of the molecule is CC1=NN(c2ccccc2C)C(c2ccccc2)C1C(=O)O. The fourth-order valence-electron chi connectivity index (χ4n) is 2.99. The van der Waals surface area contributed by atoms with E-state index < -0.39 is 11.9 Å². The highest BCUT2D eigenvalue weighted by molar-refractivity contribution is 6.03. The van der Waals surface area contributed by atoms with Crippen molar-refractivity contribution in [2.75, 3.05) is 5.01 Å². The van der Waals surface area contributed by atoms with Gasteiger partial charge in [-0.2, -0.15) is 5.10 Å². The van der Waals surface area contributed by atoms with E-state index in [1.807, 2.05) is 66.5 Å². The Bertz CT molecular complexity index is 725. The minimum absolute atomic E-state index is 0.320. The second-order valence-electron chi connectivity index (χ2n) is 5.54. The molecule has 22 heavy (non-hydrogen) atoms. The molecule has 2 aromatic carbocycles. The zero-order valence-corrected chi connectivity index (χ0v) is 12.6. The van der Waals surface area contributed by atoms with Crippen LogP contribution in [0.4, 0.5) is 5.69 Å². The Labute approximate surface area is 129 Å². The Kier molecular flexibility index (Phi) is 3.67. The third-order valence-corrected chi connectivity index (χ3v) is 4.06. The summed E-state index contributed by atoms with van der Waals surface area (Å²) < 4.78 is 0. The van der Waals surface area contributed by atoms with Crippen LogP contribution in [0.3, 0.4) is 0 Å². The van der Waals surface area contributed by atoms with Gasteiger partial charge in [-0.15, -0.1) is 0 Å². The van der Waals surface area contributed by atoms with Crippen molar-refractivity contribution in [3.8, 4) is 0 Å². The Morgan fingerprint density at radius 2 is 1.68 bits per heavy atom. The summed E-state index contributed by atoms with van der Waals surface area (Å²) in [6.45, 7) is 3.79. The molecule has 0 aromatic heterocycles. The quantitative estimate of drug-likeness (QED) is 0.940. The molecular weight excluding hydrogens is 276 g/mol. The monoisotopic (exact) mass is 294 g/mol. The van der Waals surface area contributed by atoms with Crippen LogP contribution in [0.2, 0.25) is 0 Å². The molecule has 0 radical (unpaired) electrons. The Balaban J connectivity index is 2.12. The lowest BCUT2D eigenvalue weighted by molar-refractivity contribution is -0.139. The lowest BCUT2D eigenvalue weighted by atomic mass is 9.90. The summed E-state index contributed by atoms with van der Waals surface area (Å²) in [7, 11) is 0. The number of hydrazone groups is 1. The molecule has 4 nitrogen and oxygen atoms in total. The van der Waals surface area contributed by atoms with Crippen molar-refractivity contribution in [2.24, 2.45) is 11.0 Å². The molecule has 1 aliphatic rings. The second-order valence-corrected chi connectivity index (χ2v) is 5.54. The summed E-state index contributed by atoms with van der Waals surface area (Å²) in [5, 5.41) is 16.0. The Hall–Kier alpha value is -2.62. The van der Waals surface area contributed by atoms with Crippen LogP contribution in [0.25, 0.3) is 0 Å². The minimum atomic E-state index is -0.841.